The quantitative estimate of drug-likeness (QED) is 0.523. The van der Waals surface area contributed by atoms with Crippen molar-refractivity contribution in [3.8, 4) is 11.1 Å². The number of amides is 1. The molecular weight excluding hydrogens is 390 g/mol. The topological polar surface area (TPSA) is 64.2 Å². The number of oxazole rings is 1. The van der Waals surface area contributed by atoms with Crippen LogP contribution in [0.3, 0.4) is 0 Å². The highest BCUT2D eigenvalue weighted by molar-refractivity contribution is 6.04. The molecule has 3 aromatic carbocycles. The molecule has 1 heterocycles. The molecule has 1 aromatic heterocycles. The second-order valence-corrected chi connectivity index (χ2v) is 6.85. The number of anilines is 1. The summed E-state index contributed by atoms with van der Waals surface area (Å²) in [6.07, 6.45) is 0.657. The summed E-state index contributed by atoms with van der Waals surface area (Å²) in [5.41, 5.74) is 3.70. The summed E-state index contributed by atoms with van der Waals surface area (Å²) in [7, 11) is 1.66. The van der Waals surface area contributed by atoms with Crippen LogP contribution in [0.2, 0.25) is 0 Å². The number of halogens is 2. The molecule has 30 heavy (non-hydrogen) atoms. The lowest BCUT2D eigenvalue weighted by atomic mass is 9.97. The van der Waals surface area contributed by atoms with Crippen LogP contribution in [0.4, 0.5) is 14.5 Å². The fourth-order valence-corrected chi connectivity index (χ4v) is 3.51. The average Bonchev–Trinajstić information content (AvgIpc) is 3.02. The summed E-state index contributed by atoms with van der Waals surface area (Å²) in [4.78, 5) is 24.1. The summed E-state index contributed by atoms with van der Waals surface area (Å²) in [6.45, 7) is 1.98. The third-order valence-electron chi connectivity index (χ3n) is 5.06. The second kappa shape index (κ2) is 7.59. The Balaban J connectivity index is 1.66. The largest absolute Gasteiger partial charge is 0.419 e. The van der Waals surface area contributed by atoms with E-state index in [4.69, 9.17) is 4.42 Å². The first-order valence-electron chi connectivity index (χ1n) is 9.38. The lowest BCUT2D eigenvalue weighted by molar-refractivity contribution is 0.101. The van der Waals surface area contributed by atoms with Gasteiger partial charge in [-0.15, -0.1) is 0 Å². The highest BCUT2D eigenvalue weighted by Crippen LogP contribution is 2.31. The third kappa shape index (κ3) is 3.28. The summed E-state index contributed by atoms with van der Waals surface area (Å²) >= 11 is 0. The van der Waals surface area contributed by atoms with E-state index in [0.717, 1.165) is 34.3 Å². The van der Waals surface area contributed by atoms with Crippen LogP contribution < -0.4 is 11.1 Å². The standard InChI is InChI=1S/C23H18F2N2O3/c1-3-15-16(11-12-19-21(15)30-23(29)27(19)2)13-7-9-14(10-8-13)26-22(28)20-17(24)5-4-6-18(20)25/h4-12H,3H2,1-2H3,(H,26,28). The van der Waals surface area contributed by atoms with E-state index in [0.29, 0.717) is 17.7 Å². The van der Waals surface area contributed by atoms with Crippen molar-refractivity contribution >= 4 is 22.7 Å². The van der Waals surface area contributed by atoms with Gasteiger partial charge in [-0.3, -0.25) is 9.36 Å². The van der Waals surface area contributed by atoms with E-state index in [-0.39, 0.29) is 0 Å². The van der Waals surface area contributed by atoms with Gasteiger partial charge in [-0.1, -0.05) is 31.2 Å². The van der Waals surface area contributed by atoms with Crippen LogP contribution in [0.1, 0.15) is 22.8 Å². The molecule has 0 unspecified atom stereocenters. The Morgan fingerprint density at radius 3 is 2.33 bits per heavy atom. The Morgan fingerprint density at radius 2 is 1.70 bits per heavy atom. The number of fused-ring (bicyclic) bond motifs is 1. The Hall–Kier alpha value is -3.74. The molecule has 7 heteroatoms. The van der Waals surface area contributed by atoms with E-state index in [2.05, 4.69) is 5.32 Å². The maximum atomic E-state index is 13.8. The van der Waals surface area contributed by atoms with Crippen molar-refractivity contribution in [2.75, 3.05) is 5.32 Å². The number of nitrogens with zero attached hydrogens (tertiary/aromatic N) is 1. The molecule has 0 aliphatic carbocycles. The number of nitrogens with one attached hydrogen (secondary N) is 1. The van der Waals surface area contributed by atoms with E-state index < -0.39 is 28.9 Å². The van der Waals surface area contributed by atoms with Gasteiger partial charge in [0.2, 0.25) is 0 Å². The van der Waals surface area contributed by atoms with Crippen molar-refractivity contribution in [2.24, 2.45) is 7.05 Å². The van der Waals surface area contributed by atoms with Gasteiger partial charge in [0.1, 0.15) is 17.2 Å². The SMILES string of the molecule is CCc1c(-c2ccc(NC(=O)c3c(F)cccc3F)cc2)ccc2c1oc(=O)n2C. The minimum absolute atomic E-state index is 0.400. The molecule has 1 N–H and O–H groups in total. The maximum absolute atomic E-state index is 13.8. The Bertz CT molecular complexity index is 1300. The van der Waals surface area contributed by atoms with Crippen molar-refractivity contribution in [3.05, 3.63) is 87.9 Å². The lowest BCUT2D eigenvalue weighted by Gasteiger charge is -2.11. The van der Waals surface area contributed by atoms with Crippen LogP contribution in [0.25, 0.3) is 22.2 Å². The van der Waals surface area contributed by atoms with Crippen molar-refractivity contribution < 1.29 is 18.0 Å². The molecule has 0 saturated heterocycles. The molecule has 0 aliphatic heterocycles. The first kappa shape index (κ1) is 19.6. The number of rotatable bonds is 4. The zero-order valence-corrected chi connectivity index (χ0v) is 16.3. The fourth-order valence-electron chi connectivity index (χ4n) is 3.51. The number of carbonyl (C=O) groups is 1. The number of aryl methyl sites for hydroxylation is 2. The van der Waals surface area contributed by atoms with Crippen molar-refractivity contribution in [1.29, 1.82) is 0 Å². The van der Waals surface area contributed by atoms with E-state index in [1.165, 1.54) is 10.6 Å². The molecule has 1 amide bonds. The Kier molecular flexibility index (Phi) is 4.95. The fraction of sp³-hybridized carbons (Fsp3) is 0.130. The van der Waals surface area contributed by atoms with E-state index in [1.54, 1.807) is 31.3 Å². The number of aromatic nitrogens is 1. The average molecular weight is 408 g/mol. The zero-order chi connectivity index (χ0) is 21.4. The van der Waals surface area contributed by atoms with Crippen LogP contribution in [-0.4, -0.2) is 10.5 Å². The molecule has 0 fully saturated rings. The molecule has 0 saturated carbocycles. The first-order chi connectivity index (χ1) is 14.4. The van der Waals surface area contributed by atoms with Crippen molar-refractivity contribution in [1.82, 2.24) is 4.57 Å². The van der Waals surface area contributed by atoms with E-state index >= 15 is 0 Å². The minimum Gasteiger partial charge on any atom is -0.407 e. The van der Waals surface area contributed by atoms with E-state index in [1.807, 2.05) is 19.1 Å². The van der Waals surface area contributed by atoms with Crippen LogP contribution in [0, 0.1) is 11.6 Å². The number of carbonyl (C=O) groups excluding carboxylic acids is 1. The molecule has 0 atom stereocenters. The van der Waals surface area contributed by atoms with Gasteiger partial charge in [0.15, 0.2) is 5.58 Å². The molecule has 0 radical (unpaired) electrons. The summed E-state index contributed by atoms with van der Waals surface area (Å²) in [6, 6.07) is 13.9. The lowest BCUT2D eigenvalue weighted by Crippen LogP contribution is -2.15. The number of hydrogen-bond donors (Lipinski definition) is 1. The van der Waals surface area contributed by atoms with Gasteiger partial charge in [-0.05, 0) is 47.9 Å². The minimum atomic E-state index is -0.922. The third-order valence-corrected chi connectivity index (χ3v) is 5.06. The Labute approximate surface area is 170 Å². The van der Waals surface area contributed by atoms with Crippen LogP contribution >= 0.6 is 0 Å². The first-order valence-corrected chi connectivity index (χ1v) is 9.38. The summed E-state index contributed by atoms with van der Waals surface area (Å²) in [5.74, 6) is -3.13. The van der Waals surface area contributed by atoms with Gasteiger partial charge in [-0.2, -0.15) is 0 Å². The number of benzene rings is 3. The predicted molar refractivity (Wildman–Crippen MR) is 111 cm³/mol. The molecule has 0 bridgehead atoms. The van der Waals surface area contributed by atoms with Gasteiger partial charge in [-0.25, -0.2) is 13.6 Å². The predicted octanol–water partition coefficient (Wildman–Crippen LogP) is 4.89. The van der Waals surface area contributed by atoms with Gasteiger partial charge in [0.05, 0.1) is 5.52 Å². The maximum Gasteiger partial charge on any atom is 0.419 e. The van der Waals surface area contributed by atoms with Gasteiger partial charge >= 0.3 is 5.76 Å². The second-order valence-electron chi connectivity index (χ2n) is 6.85. The van der Waals surface area contributed by atoms with Gasteiger partial charge in [0, 0.05) is 18.3 Å². The molecule has 5 nitrogen and oxygen atoms in total. The molecule has 4 rings (SSSR count). The Morgan fingerprint density at radius 1 is 1.03 bits per heavy atom. The monoisotopic (exact) mass is 408 g/mol. The van der Waals surface area contributed by atoms with Crippen molar-refractivity contribution in [3.63, 3.8) is 0 Å². The normalized spacial score (nSPS) is 11.1. The molecule has 0 aliphatic rings. The summed E-state index contributed by atoms with van der Waals surface area (Å²) in [5, 5.41) is 2.51. The molecule has 4 aromatic rings. The van der Waals surface area contributed by atoms with E-state index in [9.17, 15) is 18.4 Å². The van der Waals surface area contributed by atoms with Gasteiger partial charge < -0.3 is 9.73 Å². The van der Waals surface area contributed by atoms with Crippen LogP contribution in [0.5, 0.6) is 0 Å². The van der Waals surface area contributed by atoms with Crippen LogP contribution in [-0.2, 0) is 13.5 Å². The molecule has 152 valence electrons. The zero-order valence-electron chi connectivity index (χ0n) is 16.3. The van der Waals surface area contributed by atoms with Crippen LogP contribution in [0.15, 0.2) is 63.8 Å². The highest BCUT2D eigenvalue weighted by atomic mass is 19.1. The summed E-state index contributed by atoms with van der Waals surface area (Å²) < 4.78 is 34.5. The molecular formula is C23H18F2N2O3. The molecule has 0 spiro atoms. The van der Waals surface area contributed by atoms with Crippen molar-refractivity contribution in [2.45, 2.75) is 13.3 Å². The smallest absolute Gasteiger partial charge is 0.407 e. The highest BCUT2D eigenvalue weighted by Gasteiger charge is 2.18. The number of hydrogen-bond acceptors (Lipinski definition) is 3. The van der Waals surface area contributed by atoms with Gasteiger partial charge in [0.25, 0.3) is 5.91 Å².